The first-order chi connectivity index (χ1) is 28.0. The fourth-order valence-corrected chi connectivity index (χ4v) is 18.3. The molecule has 4 rings (SSSR count). The predicted molar refractivity (Wildman–Crippen MR) is 282 cm³/mol. The monoisotopic (exact) mass is 1000 g/mol. The topological polar surface area (TPSA) is 29.2 Å². The molecule has 362 valence electrons. The Bertz CT molecular complexity index is 2110. The summed E-state index contributed by atoms with van der Waals surface area (Å²) in [6, 6.07) is 0. The van der Waals surface area contributed by atoms with E-state index >= 15 is 0 Å². The number of hydrogen-bond donors (Lipinski definition) is 0. The van der Waals surface area contributed by atoms with E-state index in [9.17, 15) is 0 Å². The minimum atomic E-state index is -3.61. The molecule has 4 aromatic carbocycles. The molecular weight excluding hydrogens is 921 g/mol. The molecule has 0 aliphatic heterocycles. The van der Waals surface area contributed by atoms with Crippen LogP contribution in [0.25, 0.3) is 0 Å². The summed E-state index contributed by atoms with van der Waals surface area (Å²) in [6.45, 7) is 24.0. The van der Waals surface area contributed by atoms with Crippen molar-refractivity contribution < 1.29 is 58.9 Å². The SMILES string of the molecule is Cc1c(C)c([Si](c2c(C)c(C)c(N(C)C)c(N(C)C)c2N(C)C)(c2c(C)c(C)c(N(C)C)c(N(C)C)c2N(C)C)c2c(C)c(C)c(C)[c-]2C)c(N(C)C)c(N(C)C)c1N(C)C.[Cl-].[Cl-].[Cl-].[Ti+4]. The zero-order chi connectivity index (χ0) is 47.0. The maximum Gasteiger partial charge on any atom is 4.00 e. The predicted octanol–water partition coefficient (Wildman–Crippen LogP) is -2.53. The number of hydrogen-bond acceptors (Lipinski definition) is 9. The van der Waals surface area contributed by atoms with Crippen molar-refractivity contribution in [1.29, 1.82) is 0 Å². The van der Waals surface area contributed by atoms with Crippen molar-refractivity contribution in [2.75, 3.05) is 171 Å². The molecule has 0 aliphatic rings. The van der Waals surface area contributed by atoms with Crippen molar-refractivity contribution in [3.05, 3.63) is 55.6 Å². The Morgan fingerprint density at radius 3 is 0.631 bits per heavy atom. The van der Waals surface area contributed by atoms with Crippen LogP contribution in [0.15, 0.2) is 0 Å². The molecule has 65 heavy (non-hydrogen) atoms. The Labute approximate surface area is 431 Å². The van der Waals surface area contributed by atoms with E-state index in [-0.39, 0.29) is 58.9 Å². The van der Waals surface area contributed by atoms with Crippen LogP contribution in [0.5, 0.6) is 0 Å². The molecule has 0 N–H and O–H groups in total. The van der Waals surface area contributed by atoms with E-state index in [1.54, 1.807) is 0 Å². The summed E-state index contributed by atoms with van der Waals surface area (Å²) in [6.07, 6.45) is 0. The Morgan fingerprint density at radius 2 is 0.477 bits per heavy atom. The standard InChI is InChI=1S/C51H84N9Si.3ClH.Ti/c1-29-30(2)35(7)48(34(29)6)61(49-36(8)31(3)39(52(11)12)42(55(17)18)45(49)58(23)24,50-37(9)32(4)40(53(13)14)43(56(19)20)46(50)59(25)26)51-38(10)33(5)41(54(15)16)44(57(21)22)47(51)60(27)28;;;;/h1-28H3;3*1H;/q-1;;;;+4/p-3. The van der Waals surface area contributed by atoms with Crippen LogP contribution in [0, 0.1) is 69.2 Å². The molecule has 0 amide bonds. The fraction of sp³-hybridized carbons (Fsp3) is 0.549. The molecule has 0 unspecified atom stereocenters. The second-order valence-corrected chi connectivity index (χ2v) is 23.2. The Kier molecular flexibility index (Phi) is 21.4. The maximum atomic E-state index is 2.44. The summed E-state index contributed by atoms with van der Waals surface area (Å²) in [5, 5.41) is 5.89. The minimum absolute atomic E-state index is 0. The van der Waals surface area contributed by atoms with Crippen molar-refractivity contribution in [3.63, 3.8) is 0 Å². The molecule has 0 saturated carbocycles. The van der Waals surface area contributed by atoms with Gasteiger partial charge in [-0.2, -0.15) is 27.4 Å². The summed E-state index contributed by atoms with van der Waals surface area (Å²) in [4.78, 5) is 21.4. The van der Waals surface area contributed by atoms with E-state index in [0.717, 1.165) is 0 Å². The van der Waals surface area contributed by atoms with E-state index in [0.29, 0.717) is 0 Å². The van der Waals surface area contributed by atoms with Crippen molar-refractivity contribution in [2.45, 2.75) is 69.2 Å². The van der Waals surface area contributed by atoms with Gasteiger partial charge in [0.2, 0.25) is 0 Å². The van der Waals surface area contributed by atoms with Gasteiger partial charge in [0.25, 0.3) is 0 Å². The van der Waals surface area contributed by atoms with Crippen LogP contribution in [0.2, 0.25) is 0 Å². The number of rotatable bonds is 13. The Morgan fingerprint density at radius 1 is 0.277 bits per heavy atom. The zero-order valence-corrected chi connectivity index (χ0v) is 50.5. The van der Waals surface area contributed by atoms with Crippen LogP contribution < -0.4 is 102 Å². The van der Waals surface area contributed by atoms with Gasteiger partial charge in [-0.3, -0.25) is 0 Å². The Hall–Kier alpha value is -2.99. The van der Waals surface area contributed by atoms with Crippen molar-refractivity contribution in [3.8, 4) is 0 Å². The third-order valence-corrected chi connectivity index (χ3v) is 19.5. The summed E-state index contributed by atoms with van der Waals surface area (Å²) >= 11 is 0. The third-order valence-electron chi connectivity index (χ3n) is 13.9. The van der Waals surface area contributed by atoms with Crippen molar-refractivity contribution in [1.82, 2.24) is 0 Å². The maximum absolute atomic E-state index is 3.61. The summed E-state index contributed by atoms with van der Waals surface area (Å²) < 4.78 is 0. The molecule has 0 bridgehead atoms. The molecule has 0 fully saturated rings. The molecule has 0 spiro atoms. The molecule has 9 nitrogen and oxygen atoms in total. The van der Waals surface area contributed by atoms with E-state index in [4.69, 9.17) is 0 Å². The van der Waals surface area contributed by atoms with Crippen LogP contribution in [-0.2, 0) is 21.7 Å². The van der Waals surface area contributed by atoms with Gasteiger partial charge >= 0.3 is 21.7 Å². The van der Waals surface area contributed by atoms with Gasteiger partial charge in [-0.15, -0.1) is 0 Å². The van der Waals surface area contributed by atoms with Gasteiger partial charge in [-0.1, -0.05) is 27.7 Å². The first-order valence-corrected chi connectivity index (χ1v) is 23.8. The number of anilines is 9. The molecule has 0 aliphatic carbocycles. The van der Waals surface area contributed by atoms with E-state index in [2.05, 4.69) is 240 Å². The molecule has 0 aromatic heterocycles. The molecule has 4 aromatic rings. The van der Waals surface area contributed by atoms with E-state index < -0.39 is 8.07 Å². The van der Waals surface area contributed by atoms with Gasteiger partial charge in [0.15, 0.2) is 8.07 Å². The summed E-state index contributed by atoms with van der Waals surface area (Å²) in [7, 11) is 36.7. The van der Waals surface area contributed by atoms with Gasteiger partial charge in [0.1, 0.15) is 0 Å². The molecule has 0 saturated heterocycles. The average Bonchev–Trinajstić information content (AvgIpc) is 3.32. The smallest absolute Gasteiger partial charge is 1.00 e. The van der Waals surface area contributed by atoms with Crippen LogP contribution >= 0.6 is 0 Å². The average molecular weight is 1010 g/mol. The summed E-state index contributed by atoms with van der Waals surface area (Å²) in [5.41, 5.74) is 25.0. The number of benzene rings is 3. The van der Waals surface area contributed by atoms with Crippen LogP contribution in [0.1, 0.15) is 55.6 Å². The quantitative estimate of drug-likeness (QED) is 0.0820. The normalized spacial score (nSPS) is 10.9. The minimum Gasteiger partial charge on any atom is -1.00 e. The number of halogens is 3. The number of nitrogens with zero attached hydrogens (tertiary/aromatic N) is 9. The second-order valence-electron chi connectivity index (χ2n) is 19.7. The van der Waals surface area contributed by atoms with Crippen molar-refractivity contribution >= 4 is 80.0 Å². The van der Waals surface area contributed by atoms with Crippen LogP contribution in [0.3, 0.4) is 0 Å². The van der Waals surface area contributed by atoms with Gasteiger partial charge in [0.05, 0.1) is 51.2 Å². The molecule has 0 heterocycles. The molecular formula is C51H84Cl3N9SiTi. The molecule has 14 heteroatoms. The molecule has 0 radical (unpaired) electrons. The first-order valence-electron chi connectivity index (χ1n) is 21.8. The van der Waals surface area contributed by atoms with Gasteiger partial charge in [0, 0.05) is 127 Å². The van der Waals surface area contributed by atoms with Crippen molar-refractivity contribution in [2.24, 2.45) is 0 Å². The second kappa shape index (κ2) is 22.4. The van der Waals surface area contributed by atoms with Crippen LogP contribution in [0.4, 0.5) is 51.2 Å². The first kappa shape index (κ1) is 62.0. The van der Waals surface area contributed by atoms with Crippen LogP contribution in [-0.4, -0.2) is 135 Å². The third kappa shape index (κ3) is 9.57. The van der Waals surface area contributed by atoms with E-state index in [1.165, 1.54) is 128 Å². The molecule has 0 atom stereocenters. The Balaban J connectivity index is 0.0000102. The fourth-order valence-electron chi connectivity index (χ4n) is 11.0. The largest absolute Gasteiger partial charge is 4.00 e. The zero-order valence-electron chi connectivity index (χ0n) is 45.7. The summed E-state index contributed by atoms with van der Waals surface area (Å²) in [5.74, 6) is 0. The van der Waals surface area contributed by atoms with Gasteiger partial charge < -0.3 is 81.3 Å². The van der Waals surface area contributed by atoms with Gasteiger partial charge in [-0.25, -0.2) is 0 Å². The van der Waals surface area contributed by atoms with Gasteiger partial charge in [-0.05, 0) is 90.5 Å². The van der Waals surface area contributed by atoms with E-state index in [1.807, 2.05) is 0 Å².